The van der Waals surface area contributed by atoms with Crippen LogP contribution in [0.1, 0.15) is 56.1 Å². The lowest BCUT2D eigenvalue weighted by Gasteiger charge is -2.61. The monoisotopic (exact) mass is 492 g/mol. The van der Waals surface area contributed by atoms with Crippen LogP contribution in [-0.4, -0.2) is 76.8 Å². The molecule has 1 heterocycles. The van der Waals surface area contributed by atoms with Crippen LogP contribution in [0.4, 0.5) is 0 Å². The van der Waals surface area contributed by atoms with Gasteiger partial charge in [-0.25, -0.2) is 0 Å². The van der Waals surface area contributed by atoms with E-state index in [1.807, 2.05) is 0 Å². The van der Waals surface area contributed by atoms with Gasteiger partial charge in [-0.1, -0.05) is 12.1 Å². The van der Waals surface area contributed by atoms with Crippen molar-refractivity contribution < 1.29 is 50.0 Å². The third kappa shape index (κ3) is 4.49. The number of aliphatic hydroxyl groups is 5. The molecule has 0 amide bonds. The van der Waals surface area contributed by atoms with Crippen LogP contribution >= 0.6 is 0 Å². The number of aromatic hydroxyl groups is 2. The van der Waals surface area contributed by atoms with Crippen molar-refractivity contribution in [3.8, 4) is 17.2 Å². The summed E-state index contributed by atoms with van der Waals surface area (Å²) in [5, 5.41) is 72.4. The molecule has 192 valence electrons. The van der Waals surface area contributed by atoms with Crippen LogP contribution in [0, 0.1) is 0 Å². The highest BCUT2D eigenvalue weighted by Crippen LogP contribution is 2.49. The molecule has 1 fully saturated rings. The van der Waals surface area contributed by atoms with E-state index in [1.54, 1.807) is 0 Å². The first-order valence-electron chi connectivity index (χ1n) is 11.0. The normalized spacial score (nSPS) is 33.8. The minimum Gasteiger partial charge on any atom is -0.508 e. The van der Waals surface area contributed by atoms with Gasteiger partial charge in [0.05, 0.1) is 18.3 Å². The standard InChI is InChI=1S/C25H32O10/c1-22(13-26)24(3,32)25(4,33)23(2,31)21(35-22)34-16-8-5-14(6-9-16)18(28)12-20(30)17-10-7-15(27)11-19(17)29/h5-11,18,21,26-29,31-33H,12-13H2,1-4H3. The van der Waals surface area contributed by atoms with Crippen molar-refractivity contribution in [1.82, 2.24) is 0 Å². The number of carbonyl (C=O) groups is 1. The zero-order chi connectivity index (χ0) is 26.4. The number of ether oxygens (including phenoxy) is 2. The Morgan fingerprint density at radius 3 is 2.14 bits per heavy atom. The zero-order valence-electron chi connectivity index (χ0n) is 20.0. The van der Waals surface area contributed by atoms with Gasteiger partial charge in [0.2, 0.25) is 6.29 Å². The Bertz CT molecular complexity index is 1080. The lowest BCUT2D eigenvalue weighted by molar-refractivity contribution is -0.404. The topological polar surface area (TPSA) is 177 Å². The predicted octanol–water partition coefficient (Wildman–Crippen LogP) is 1.14. The summed E-state index contributed by atoms with van der Waals surface area (Å²) in [5.41, 5.74) is -7.60. The molecular formula is C25H32O10. The van der Waals surface area contributed by atoms with Crippen LogP contribution < -0.4 is 4.74 Å². The second-order valence-electron chi connectivity index (χ2n) is 9.66. The maximum absolute atomic E-state index is 12.4. The molecule has 1 aliphatic heterocycles. The third-order valence-electron chi connectivity index (χ3n) is 7.26. The van der Waals surface area contributed by atoms with E-state index in [-0.39, 0.29) is 23.5 Å². The summed E-state index contributed by atoms with van der Waals surface area (Å²) in [6.07, 6.45) is -3.01. The van der Waals surface area contributed by atoms with Crippen LogP contribution in [-0.2, 0) is 4.74 Å². The molecule has 7 N–H and O–H groups in total. The quantitative estimate of drug-likeness (QED) is 0.277. The van der Waals surface area contributed by atoms with Crippen LogP contribution in [0.2, 0.25) is 0 Å². The first-order chi connectivity index (χ1) is 16.1. The molecule has 1 aliphatic rings. The van der Waals surface area contributed by atoms with E-state index in [9.17, 15) is 40.5 Å². The van der Waals surface area contributed by atoms with Gasteiger partial charge in [0.1, 0.15) is 34.1 Å². The number of phenolic OH excluding ortho intramolecular Hbond substituents is 2. The highest BCUT2D eigenvalue weighted by atomic mass is 16.7. The first kappa shape index (κ1) is 26.9. The predicted molar refractivity (Wildman–Crippen MR) is 123 cm³/mol. The van der Waals surface area contributed by atoms with Gasteiger partial charge in [-0.15, -0.1) is 0 Å². The summed E-state index contributed by atoms with van der Waals surface area (Å²) in [5.74, 6) is -0.929. The number of phenols is 2. The largest absolute Gasteiger partial charge is 0.508 e. The molecule has 0 aromatic heterocycles. The summed E-state index contributed by atoms with van der Waals surface area (Å²) in [6.45, 7) is 4.44. The van der Waals surface area contributed by atoms with Gasteiger partial charge >= 0.3 is 0 Å². The number of ketones is 1. The Morgan fingerprint density at radius 2 is 1.60 bits per heavy atom. The van der Waals surface area contributed by atoms with Gasteiger partial charge in [-0.2, -0.15) is 0 Å². The molecule has 10 heteroatoms. The Balaban J connectivity index is 1.75. The molecule has 0 spiro atoms. The summed E-state index contributed by atoms with van der Waals surface area (Å²) in [4.78, 5) is 12.4. The van der Waals surface area contributed by atoms with Crippen LogP contribution in [0.5, 0.6) is 17.2 Å². The van der Waals surface area contributed by atoms with E-state index in [0.717, 1.165) is 6.07 Å². The van der Waals surface area contributed by atoms with Gasteiger partial charge in [0.25, 0.3) is 0 Å². The number of benzene rings is 2. The fourth-order valence-electron chi connectivity index (χ4n) is 4.08. The molecule has 10 nitrogen and oxygen atoms in total. The number of carbonyl (C=O) groups excluding carboxylic acids is 1. The first-order valence-corrected chi connectivity index (χ1v) is 11.0. The molecular weight excluding hydrogens is 460 g/mol. The molecule has 3 rings (SSSR count). The van der Waals surface area contributed by atoms with Gasteiger partial charge in [-0.05, 0) is 57.5 Å². The van der Waals surface area contributed by atoms with Crippen LogP contribution in [0.15, 0.2) is 42.5 Å². The summed E-state index contributed by atoms with van der Waals surface area (Å²) < 4.78 is 11.5. The smallest absolute Gasteiger partial charge is 0.232 e. The summed E-state index contributed by atoms with van der Waals surface area (Å²) >= 11 is 0. The van der Waals surface area contributed by atoms with Crippen molar-refractivity contribution in [2.24, 2.45) is 0 Å². The minimum absolute atomic E-state index is 0.0339. The number of Topliss-reactive ketones (excluding diaryl/α,β-unsaturated/α-hetero) is 1. The van der Waals surface area contributed by atoms with Crippen molar-refractivity contribution in [3.05, 3.63) is 53.6 Å². The molecule has 2 aromatic carbocycles. The van der Waals surface area contributed by atoms with Gasteiger partial charge in [-0.3, -0.25) is 4.79 Å². The number of rotatable bonds is 7. The zero-order valence-corrected chi connectivity index (χ0v) is 20.0. The number of aliphatic hydroxyl groups excluding tert-OH is 2. The van der Waals surface area contributed by atoms with Crippen molar-refractivity contribution in [3.63, 3.8) is 0 Å². The van der Waals surface area contributed by atoms with Crippen molar-refractivity contribution in [1.29, 1.82) is 0 Å². The highest BCUT2D eigenvalue weighted by molar-refractivity contribution is 5.99. The molecule has 0 saturated carbocycles. The van der Waals surface area contributed by atoms with Crippen molar-refractivity contribution in [2.45, 2.75) is 68.9 Å². The van der Waals surface area contributed by atoms with Crippen molar-refractivity contribution in [2.75, 3.05) is 6.61 Å². The van der Waals surface area contributed by atoms with E-state index in [0.29, 0.717) is 5.56 Å². The average molecular weight is 493 g/mol. The third-order valence-corrected chi connectivity index (χ3v) is 7.26. The molecule has 35 heavy (non-hydrogen) atoms. The van der Waals surface area contributed by atoms with Gasteiger partial charge in [0.15, 0.2) is 11.4 Å². The summed E-state index contributed by atoms with van der Waals surface area (Å²) in [6, 6.07) is 9.44. The Labute approximate surface area is 202 Å². The molecule has 6 unspecified atom stereocenters. The molecule has 0 aliphatic carbocycles. The maximum atomic E-state index is 12.4. The van der Waals surface area contributed by atoms with E-state index >= 15 is 0 Å². The Morgan fingerprint density at radius 1 is 1.00 bits per heavy atom. The van der Waals surface area contributed by atoms with Crippen molar-refractivity contribution >= 4 is 5.78 Å². The molecule has 0 radical (unpaired) electrons. The van der Waals surface area contributed by atoms with Crippen LogP contribution in [0.25, 0.3) is 0 Å². The average Bonchev–Trinajstić information content (AvgIpc) is 2.77. The van der Waals surface area contributed by atoms with Gasteiger partial charge < -0.3 is 45.2 Å². The minimum atomic E-state index is -2.14. The molecule has 0 bridgehead atoms. The van der Waals surface area contributed by atoms with E-state index in [2.05, 4.69) is 0 Å². The fourth-order valence-corrected chi connectivity index (χ4v) is 4.08. The number of hydrogen-bond acceptors (Lipinski definition) is 10. The van der Waals surface area contributed by atoms with Gasteiger partial charge in [0, 0.05) is 12.5 Å². The SMILES string of the molecule is CC1(CO)OC(Oc2ccc(C(O)CC(=O)c3ccc(O)cc3O)cc2)C(C)(O)C(C)(O)C1(C)O. The van der Waals surface area contributed by atoms with E-state index in [1.165, 1.54) is 64.1 Å². The van der Waals surface area contributed by atoms with E-state index < -0.39 is 52.9 Å². The molecule has 1 saturated heterocycles. The van der Waals surface area contributed by atoms with Crippen LogP contribution in [0.3, 0.4) is 0 Å². The lowest BCUT2D eigenvalue weighted by Crippen LogP contribution is -2.82. The molecule has 6 atom stereocenters. The Kier molecular flexibility index (Phi) is 6.95. The number of hydrogen-bond donors (Lipinski definition) is 7. The fraction of sp³-hybridized carbons (Fsp3) is 0.480. The van der Waals surface area contributed by atoms with E-state index in [4.69, 9.17) is 9.47 Å². The lowest BCUT2D eigenvalue weighted by atomic mass is 9.63. The molecule has 2 aromatic rings. The highest BCUT2D eigenvalue weighted by Gasteiger charge is 2.71. The second kappa shape index (κ2) is 9.05. The second-order valence-corrected chi connectivity index (χ2v) is 9.66. The Hall–Kier alpha value is -2.73. The maximum Gasteiger partial charge on any atom is 0.232 e. The summed E-state index contributed by atoms with van der Waals surface area (Å²) in [7, 11) is 0.